The van der Waals surface area contributed by atoms with Crippen molar-refractivity contribution in [2.24, 2.45) is 0 Å². The van der Waals surface area contributed by atoms with E-state index in [1.807, 2.05) is 18.2 Å². The van der Waals surface area contributed by atoms with Crippen LogP contribution in [-0.4, -0.2) is 15.1 Å². The number of nitrogens with zero attached hydrogens (tertiary/aromatic N) is 2. The molecular formula is C15H17N3O2. The van der Waals surface area contributed by atoms with Crippen LogP contribution >= 0.6 is 0 Å². The minimum atomic E-state index is 0.282. The maximum Gasteiger partial charge on any atom is 0.264 e. The number of aryl methyl sites for hydroxylation is 1. The van der Waals surface area contributed by atoms with E-state index in [2.05, 4.69) is 35.0 Å². The number of nitrogens with one attached hydrogen (secondary N) is 1. The van der Waals surface area contributed by atoms with Crippen LogP contribution in [0.2, 0.25) is 0 Å². The van der Waals surface area contributed by atoms with Crippen LogP contribution in [0.3, 0.4) is 0 Å². The summed E-state index contributed by atoms with van der Waals surface area (Å²) in [5, 5.41) is 4.92. The van der Waals surface area contributed by atoms with E-state index in [0.29, 0.717) is 17.6 Å². The second kappa shape index (κ2) is 5.00. The van der Waals surface area contributed by atoms with Crippen LogP contribution in [0.5, 0.6) is 5.75 Å². The predicted octanol–water partition coefficient (Wildman–Crippen LogP) is 3.56. The van der Waals surface area contributed by atoms with Gasteiger partial charge in [-0.3, -0.25) is 0 Å². The van der Waals surface area contributed by atoms with Gasteiger partial charge in [0.1, 0.15) is 5.75 Å². The Morgan fingerprint density at radius 3 is 2.85 bits per heavy atom. The van der Waals surface area contributed by atoms with E-state index in [4.69, 9.17) is 9.26 Å². The number of hydrogen-bond donors (Lipinski definition) is 1. The van der Waals surface area contributed by atoms with E-state index in [-0.39, 0.29) is 6.61 Å². The van der Waals surface area contributed by atoms with Gasteiger partial charge in [-0.25, -0.2) is 0 Å². The minimum absolute atomic E-state index is 0.282. The lowest BCUT2D eigenvalue weighted by Gasteiger charge is -2.02. The van der Waals surface area contributed by atoms with Crippen molar-refractivity contribution >= 4 is 10.9 Å². The summed E-state index contributed by atoms with van der Waals surface area (Å²) < 4.78 is 10.7. The molecule has 2 heterocycles. The van der Waals surface area contributed by atoms with Crippen molar-refractivity contribution in [1.82, 2.24) is 15.1 Å². The molecule has 5 nitrogen and oxygen atoms in total. The number of benzene rings is 1. The Labute approximate surface area is 117 Å². The molecule has 0 fully saturated rings. The minimum Gasteiger partial charge on any atom is -0.484 e. The van der Waals surface area contributed by atoms with Gasteiger partial charge in [-0.2, -0.15) is 4.98 Å². The van der Waals surface area contributed by atoms with Crippen molar-refractivity contribution in [3.05, 3.63) is 41.7 Å². The fraction of sp³-hybridized carbons (Fsp3) is 0.333. The highest BCUT2D eigenvalue weighted by atomic mass is 16.5. The predicted molar refractivity (Wildman–Crippen MR) is 75.8 cm³/mol. The van der Waals surface area contributed by atoms with E-state index in [0.717, 1.165) is 11.3 Å². The second-order valence-corrected chi connectivity index (χ2v) is 5.15. The van der Waals surface area contributed by atoms with Crippen molar-refractivity contribution in [1.29, 1.82) is 0 Å². The molecule has 3 aromatic rings. The van der Waals surface area contributed by atoms with Crippen LogP contribution in [0.25, 0.3) is 10.9 Å². The molecule has 0 aliphatic carbocycles. The zero-order chi connectivity index (χ0) is 14.1. The summed E-state index contributed by atoms with van der Waals surface area (Å²) >= 11 is 0. The van der Waals surface area contributed by atoms with E-state index in [1.54, 1.807) is 6.92 Å². The van der Waals surface area contributed by atoms with Crippen LogP contribution in [0.15, 0.2) is 28.8 Å². The first-order valence-electron chi connectivity index (χ1n) is 6.66. The van der Waals surface area contributed by atoms with E-state index < -0.39 is 0 Å². The van der Waals surface area contributed by atoms with Gasteiger partial charge in [0.2, 0.25) is 0 Å². The van der Waals surface area contributed by atoms with Gasteiger partial charge >= 0.3 is 0 Å². The molecule has 0 saturated heterocycles. The van der Waals surface area contributed by atoms with Crippen molar-refractivity contribution < 1.29 is 9.26 Å². The van der Waals surface area contributed by atoms with E-state index in [9.17, 15) is 0 Å². The lowest BCUT2D eigenvalue weighted by Crippen LogP contribution is -1.95. The number of aromatic nitrogens is 3. The molecule has 3 rings (SSSR count). The number of hydrogen-bond acceptors (Lipinski definition) is 4. The summed E-state index contributed by atoms with van der Waals surface area (Å²) in [5.74, 6) is 2.36. The van der Waals surface area contributed by atoms with Crippen LogP contribution in [0.4, 0.5) is 0 Å². The van der Waals surface area contributed by atoms with Crippen molar-refractivity contribution in [2.45, 2.75) is 33.3 Å². The maximum atomic E-state index is 5.67. The highest BCUT2D eigenvalue weighted by Crippen LogP contribution is 2.25. The normalized spacial score (nSPS) is 11.4. The van der Waals surface area contributed by atoms with Gasteiger partial charge in [0.05, 0.1) is 0 Å². The molecule has 20 heavy (non-hydrogen) atoms. The fourth-order valence-electron chi connectivity index (χ4n) is 2.07. The molecule has 1 aromatic carbocycles. The molecule has 104 valence electrons. The molecule has 2 aromatic heterocycles. The third-order valence-electron chi connectivity index (χ3n) is 3.17. The van der Waals surface area contributed by atoms with Crippen molar-refractivity contribution in [2.75, 3.05) is 0 Å². The number of rotatable bonds is 4. The smallest absolute Gasteiger partial charge is 0.264 e. The van der Waals surface area contributed by atoms with Crippen LogP contribution < -0.4 is 4.74 Å². The first kappa shape index (κ1) is 12.7. The summed E-state index contributed by atoms with van der Waals surface area (Å²) in [6.07, 6.45) is 0. The summed E-state index contributed by atoms with van der Waals surface area (Å²) in [5.41, 5.74) is 2.30. The third-order valence-corrected chi connectivity index (χ3v) is 3.17. The highest BCUT2D eigenvalue weighted by Gasteiger charge is 2.07. The molecule has 5 heteroatoms. The Morgan fingerprint density at radius 2 is 2.15 bits per heavy atom. The maximum absolute atomic E-state index is 5.67. The van der Waals surface area contributed by atoms with Gasteiger partial charge in [-0.15, -0.1) is 0 Å². The first-order chi connectivity index (χ1) is 9.61. The molecule has 0 amide bonds. The van der Waals surface area contributed by atoms with Gasteiger partial charge in [0.25, 0.3) is 5.89 Å². The topological polar surface area (TPSA) is 63.9 Å². The van der Waals surface area contributed by atoms with Crippen molar-refractivity contribution in [3.63, 3.8) is 0 Å². The molecule has 1 N–H and O–H groups in total. The van der Waals surface area contributed by atoms with E-state index >= 15 is 0 Å². The number of fused-ring (bicyclic) bond motifs is 1. The average Bonchev–Trinajstić information content (AvgIpc) is 3.01. The van der Waals surface area contributed by atoms with Crippen molar-refractivity contribution in [3.8, 4) is 5.75 Å². The SMILES string of the molecule is Cc1noc(COc2ccc3cc(C(C)C)[nH]c3c2)n1. The van der Waals surface area contributed by atoms with Gasteiger partial charge in [0, 0.05) is 17.3 Å². The summed E-state index contributed by atoms with van der Waals surface area (Å²) in [7, 11) is 0. The Morgan fingerprint density at radius 1 is 1.30 bits per heavy atom. The Balaban J connectivity index is 1.78. The second-order valence-electron chi connectivity index (χ2n) is 5.15. The quantitative estimate of drug-likeness (QED) is 0.788. The van der Waals surface area contributed by atoms with E-state index in [1.165, 1.54) is 11.1 Å². The third kappa shape index (κ3) is 2.52. The van der Waals surface area contributed by atoms with Crippen LogP contribution in [0.1, 0.15) is 37.2 Å². The van der Waals surface area contributed by atoms with Crippen LogP contribution in [-0.2, 0) is 6.61 Å². The molecule has 0 unspecified atom stereocenters. The average molecular weight is 271 g/mol. The molecule has 0 aliphatic rings. The zero-order valence-electron chi connectivity index (χ0n) is 11.8. The lowest BCUT2D eigenvalue weighted by molar-refractivity contribution is 0.243. The Bertz CT molecular complexity index is 728. The number of ether oxygens (including phenoxy) is 1. The lowest BCUT2D eigenvalue weighted by atomic mass is 10.1. The fourth-order valence-corrected chi connectivity index (χ4v) is 2.07. The molecule has 0 aliphatic heterocycles. The standard InChI is InChI=1S/C15H17N3O2/c1-9(2)13-6-11-4-5-12(7-14(11)17-13)19-8-15-16-10(3)18-20-15/h4-7,9,17H,8H2,1-3H3. The number of H-pyrrole nitrogens is 1. The molecule has 0 atom stereocenters. The van der Waals surface area contributed by atoms with Crippen LogP contribution in [0, 0.1) is 6.92 Å². The highest BCUT2D eigenvalue weighted by molar-refractivity contribution is 5.82. The molecule has 0 bridgehead atoms. The zero-order valence-corrected chi connectivity index (χ0v) is 11.8. The Hall–Kier alpha value is -2.30. The monoisotopic (exact) mass is 271 g/mol. The van der Waals surface area contributed by atoms with Gasteiger partial charge < -0.3 is 14.2 Å². The first-order valence-corrected chi connectivity index (χ1v) is 6.66. The molecule has 0 radical (unpaired) electrons. The van der Waals surface area contributed by atoms with Gasteiger partial charge in [-0.1, -0.05) is 19.0 Å². The van der Waals surface area contributed by atoms with Gasteiger partial charge in [-0.05, 0) is 36.4 Å². The summed E-state index contributed by atoms with van der Waals surface area (Å²) in [6, 6.07) is 8.16. The number of aromatic amines is 1. The molecule has 0 saturated carbocycles. The summed E-state index contributed by atoms with van der Waals surface area (Å²) in [4.78, 5) is 7.51. The van der Waals surface area contributed by atoms with Gasteiger partial charge in [0.15, 0.2) is 12.4 Å². The molecule has 0 spiro atoms. The molecular weight excluding hydrogens is 254 g/mol. The summed E-state index contributed by atoms with van der Waals surface area (Å²) in [6.45, 7) is 6.40. The Kier molecular flexibility index (Phi) is 3.18. The largest absolute Gasteiger partial charge is 0.484 e.